The first-order valence-corrected chi connectivity index (χ1v) is 9.20. The van der Waals surface area contributed by atoms with Gasteiger partial charge in [0.25, 0.3) is 0 Å². The Morgan fingerprint density at radius 3 is 1.67 bits per heavy atom. The van der Waals surface area contributed by atoms with Crippen LogP contribution in [0.1, 0.15) is 69.7 Å². The van der Waals surface area contributed by atoms with E-state index in [0.29, 0.717) is 11.1 Å². The van der Waals surface area contributed by atoms with Crippen LogP contribution in [0.3, 0.4) is 0 Å². The zero-order chi connectivity index (χ0) is 20.8. The van der Waals surface area contributed by atoms with Crippen molar-refractivity contribution >= 4 is 11.6 Å². The first-order valence-electron chi connectivity index (χ1n) is 8.82. The molecule has 0 amide bonds. The number of halogens is 4. The quantitative estimate of drug-likeness (QED) is 0.561. The van der Waals surface area contributed by atoms with Gasteiger partial charge >= 0.3 is 6.18 Å². The minimum Gasteiger partial charge on any atom is -0.507 e. The van der Waals surface area contributed by atoms with E-state index >= 15 is 0 Å². The first kappa shape index (κ1) is 21.6. The highest BCUT2D eigenvalue weighted by Crippen LogP contribution is 2.46. The second kappa shape index (κ2) is 7.05. The molecule has 5 heteroatoms. The van der Waals surface area contributed by atoms with E-state index in [1.54, 1.807) is 6.07 Å². The lowest BCUT2D eigenvalue weighted by Gasteiger charge is -2.30. The summed E-state index contributed by atoms with van der Waals surface area (Å²) in [6, 6.07) is 8.81. The van der Waals surface area contributed by atoms with Crippen molar-refractivity contribution in [2.24, 2.45) is 0 Å². The summed E-state index contributed by atoms with van der Waals surface area (Å²) < 4.78 is 42.2. The molecule has 0 spiro atoms. The van der Waals surface area contributed by atoms with E-state index in [9.17, 15) is 18.3 Å². The molecule has 1 atom stereocenters. The van der Waals surface area contributed by atoms with Crippen molar-refractivity contribution < 1.29 is 18.3 Å². The summed E-state index contributed by atoms with van der Waals surface area (Å²) in [6.45, 7) is 11.3. The predicted molar refractivity (Wildman–Crippen MR) is 105 cm³/mol. The third-order valence-corrected chi connectivity index (χ3v) is 4.83. The molecule has 0 saturated heterocycles. The summed E-state index contributed by atoms with van der Waals surface area (Å²) in [4.78, 5) is 0. The molecule has 2 rings (SSSR count). The molecule has 2 aromatic carbocycles. The van der Waals surface area contributed by atoms with Crippen LogP contribution >= 0.6 is 11.6 Å². The van der Waals surface area contributed by atoms with Gasteiger partial charge < -0.3 is 5.11 Å². The van der Waals surface area contributed by atoms with E-state index in [1.807, 2.05) is 41.5 Å². The molecule has 0 heterocycles. The standard InChI is InChI=1S/C22H26ClF3O/c1-20(2,3)16-11-14(12-17(19(16)27)21(4,5)6)18(22(24,25)26)13-8-7-9-15(23)10-13/h7-12,18,27H,1-6H3. The second-order valence-corrected chi connectivity index (χ2v) is 9.43. The Morgan fingerprint density at radius 1 is 0.815 bits per heavy atom. The van der Waals surface area contributed by atoms with Gasteiger partial charge in [-0.15, -0.1) is 0 Å². The van der Waals surface area contributed by atoms with E-state index in [1.165, 1.54) is 30.3 Å². The van der Waals surface area contributed by atoms with Crippen LogP contribution in [0.25, 0.3) is 0 Å². The van der Waals surface area contributed by atoms with E-state index in [-0.39, 0.29) is 21.9 Å². The number of phenols is 1. The Kier molecular flexibility index (Phi) is 5.64. The zero-order valence-electron chi connectivity index (χ0n) is 16.5. The third kappa shape index (κ3) is 4.78. The van der Waals surface area contributed by atoms with Crippen molar-refractivity contribution in [3.05, 3.63) is 63.7 Å². The lowest BCUT2D eigenvalue weighted by Crippen LogP contribution is -2.24. The van der Waals surface area contributed by atoms with Crippen LogP contribution in [0, 0.1) is 0 Å². The molecule has 1 nitrogen and oxygen atoms in total. The molecule has 0 fully saturated rings. The topological polar surface area (TPSA) is 20.2 Å². The molecule has 1 N–H and O–H groups in total. The molecule has 0 aliphatic heterocycles. The Bertz CT molecular complexity index is 792. The fraction of sp³-hybridized carbons (Fsp3) is 0.455. The highest BCUT2D eigenvalue weighted by molar-refractivity contribution is 6.30. The monoisotopic (exact) mass is 398 g/mol. The molecule has 2 aromatic rings. The van der Waals surface area contributed by atoms with Gasteiger partial charge in [0.15, 0.2) is 0 Å². The van der Waals surface area contributed by atoms with E-state index in [4.69, 9.17) is 11.6 Å². The average Bonchev–Trinajstić information content (AvgIpc) is 2.45. The molecule has 0 aromatic heterocycles. The van der Waals surface area contributed by atoms with Crippen LogP contribution in [-0.4, -0.2) is 11.3 Å². The van der Waals surface area contributed by atoms with Crippen molar-refractivity contribution in [2.45, 2.75) is 64.5 Å². The Balaban J connectivity index is 2.84. The molecule has 0 radical (unpaired) electrons. The second-order valence-electron chi connectivity index (χ2n) is 8.99. The summed E-state index contributed by atoms with van der Waals surface area (Å²) in [5, 5.41) is 11.0. The van der Waals surface area contributed by atoms with Gasteiger partial charge in [-0.05, 0) is 45.2 Å². The van der Waals surface area contributed by atoms with Crippen molar-refractivity contribution in [1.29, 1.82) is 0 Å². The van der Waals surface area contributed by atoms with Gasteiger partial charge in [-0.2, -0.15) is 13.2 Å². The normalized spacial score (nSPS) is 14.3. The number of benzene rings is 2. The van der Waals surface area contributed by atoms with Gasteiger partial charge in [-0.1, -0.05) is 77.4 Å². The van der Waals surface area contributed by atoms with Crippen molar-refractivity contribution in [2.75, 3.05) is 0 Å². The summed E-state index contributed by atoms with van der Waals surface area (Å²) >= 11 is 5.95. The smallest absolute Gasteiger partial charge is 0.399 e. The van der Waals surface area contributed by atoms with Crippen LogP contribution < -0.4 is 0 Å². The SMILES string of the molecule is CC(C)(C)c1cc(C(c2cccc(Cl)c2)C(F)(F)F)cc(C(C)(C)C)c1O. The van der Waals surface area contributed by atoms with Crippen LogP contribution in [0.15, 0.2) is 36.4 Å². The molecule has 1 unspecified atom stereocenters. The molecular weight excluding hydrogens is 373 g/mol. The minimum atomic E-state index is -4.49. The molecule has 0 aliphatic carbocycles. The van der Waals surface area contributed by atoms with Gasteiger partial charge in [0.05, 0.1) is 0 Å². The molecule has 0 saturated carbocycles. The van der Waals surface area contributed by atoms with Crippen molar-refractivity contribution in [3.8, 4) is 5.75 Å². The van der Waals surface area contributed by atoms with Gasteiger partial charge in [-0.3, -0.25) is 0 Å². The number of rotatable bonds is 2. The summed E-state index contributed by atoms with van der Waals surface area (Å²) in [7, 11) is 0. The zero-order valence-corrected chi connectivity index (χ0v) is 17.3. The van der Waals surface area contributed by atoms with Crippen LogP contribution in [0.5, 0.6) is 5.75 Å². The molecule has 27 heavy (non-hydrogen) atoms. The number of alkyl halides is 3. The number of aromatic hydroxyl groups is 1. The maximum atomic E-state index is 14.1. The van der Waals surface area contributed by atoms with Crippen molar-refractivity contribution in [3.63, 3.8) is 0 Å². The van der Waals surface area contributed by atoms with E-state index in [0.717, 1.165) is 0 Å². The number of phenolic OH excluding ortho intramolecular Hbond substituents is 1. The largest absolute Gasteiger partial charge is 0.507 e. The lowest BCUT2D eigenvalue weighted by molar-refractivity contribution is -0.141. The maximum Gasteiger partial charge on any atom is 0.399 e. The van der Waals surface area contributed by atoms with Gasteiger partial charge in [0, 0.05) is 5.02 Å². The van der Waals surface area contributed by atoms with E-state index in [2.05, 4.69) is 0 Å². The van der Waals surface area contributed by atoms with Gasteiger partial charge in [-0.25, -0.2) is 0 Å². The molecular formula is C22H26ClF3O. The molecule has 0 bridgehead atoms. The minimum absolute atomic E-state index is 0.0609. The van der Waals surface area contributed by atoms with Crippen LogP contribution in [0.2, 0.25) is 5.02 Å². The summed E-state index contributed by atoms with van der Waals surface area (Å²) in [5.41, 5.74) is 0.176. The fourth-order valence-corrected chi connectivity index (χ4v) is 3.42. The van der Waals surface area contributed by atoms with Crippen molar-refractivity contribution in [1.82, 2.24) is 0 Å². The summed E-state index contributed by atoms with van der Waals surface area (Å²) in [5.74, 6) is -1.76. The molecule has 0 aliphatic rings. The highest BCUT2D eigenvalue weighted by Gasteiger charge is 2.43. The fourth-order valence-electron chi connectivity index (χ4n) is 3.22. The number of hydrogen-bond acceptors (Lipinski definition) is 1. The number of hydrogen-bond donors (Lipinski definition) is 1. The Morgan fingerprint density at radius 2 is 1.30 bits per heavy atom. The maximum absolute atomic E-state index is 14.1. The van der Waals surface area contributed by atoms with Crippen LogP contribution in [0.4, 0.5) is 13.2 Å². The third-order valence-electron chi connectivity index (χ3n) is 4.59. The van der Waals surface area contributed by atoms with E-state index < -0.39 is 22.9 Å². The first-order chi connectivity index (χ1) is 12.1. The highest BCUT2D eigenvalue weighted by atomic mass is 35.5. The lowest BCUT2D eigenvalue weighted by atomic mass is 9.76. The molecule has 148 valence electrons. The van der Waals surface area contributed by atoms with Gasteiger partial charge in [0.2, 0.25) is 0 Å². The Hall–Kier alpha value is -1.68. The summed E-state index contributed by atoms with van der Waals surface area (Å²) in [6.07, 6.45) is -4.49. The average molecular weight is 399 g/mol. The Labute approximate surface area is 164 Å². The van der Waals surface area contributed by atoms with Gasteiger partial charge in [0.1, 0.15) is 11.7 Å². The predicted octanol–water partition coefficient (Wildman–Crippen LogP) is 7.33. The van der Waals surface area contributed by atoms with Crippen LogP contribution in [-0.2, 0) is 10.8 Å².